The Kier molecular flexibility index (Phi) is 5.11. The van der Waals surface area contributed by atoms with E-state index in [9.17, 15) is 9.59 Å². The number of hydrogen-bond acceptors (Lipinski definition) is 4. The quantitative estimate of drug-likeness (QED) is 0.836. The number of hydrogen-bond donors (Lipinski definition) is 1. The van der Waals surface area contributed by atoms with Gasteiger partial charge in [-0.15, -0.1) is 11.8 Å². The minimum atomic E-state index is -0.421. The lowest BCUT2D eigenvalue weighted by atomic mass is 10.0. The molecule has 24 heavy (non-hydrogen) atoms. The van der Waals surface area contributed by atoms with Crippen molar-refractivity contribution in [3.05, 3.63) is 64.2 Å². The Morgan fingerprint density at radius 3 is 2.58 bits per heavy atom. The Balaban J connectivity index is 1.76. The van der Waals surface area contributed by atoms with E-state index < -0.39 is 5.97 Å². The topological polar surface area (TPSA) is 55.4 Å². The molecule has 0 bridgehead atoms. The van der Waals surface area contributed by atoms with Gasteiger partial charge in [-0.1, -0.05) is 11.6 Å². The highest BCUT2D eigenvalue weighted by molar-refractivity contribution is 7.99. The maximum absolute atomic E-state index is 12.5. The van der Waals surface area contributed by atoms with E-state index in [-0.39, 0.29) is 11.9 Å². The fourth-order valence-corrected chi connectivity index (χ4v) is 3.92. The molecule has 0 saturated heterocycles. The predicted molar refractivity (Wildman–Crippen MR) is 94.8 cm³/mol. The second-order valence-corrected chi connectivity index (χ2v) is 6.99. The number of benzene rings is 2. The number of fused-ring (bicyclic) bond motifs is 1. The number of ether oxygens (including phenoxy) is 1. The molecule has 0 saturated carbocycles. The molecule has 2 aromatic rings. The number of halogens is 1. The van der Waals surface area contributed by atoms with Gasteiger partial charge in [0.05, 0.1) is 18.7 Å². The van der Waals surface area contributed by atoms with Gasteiger partial charge in [0, 0.05) is 21.2 Å². The summed E-state index contributed by atoms with van der Waals surface area (Å²) in [5.74, 6) is 0.352. The third kappa shape index (κ3) is 3.57. The highest BCUT2D eigenvalue weighted by Crippen LogP contribution is 2.37. The van der Waals surface area contributed by atoms with Crippen LogP contribution in [0.4, 0.5) is 0 Å². The number of methoxy groups -OCH3 is 1. The molecule has 0 aliphatic carbocycles. The molecule has 1 aliphatic rings. The minimum absolute atomic E-state index is 0.0623. The molecule has 1 atom stereocenters. The van der Waals surface area contributed by atoms with Crippen LogP contribution in [-0.4, -0.2) is 24.7 Å². The monoisotopic (exact) mass is 361 g/mol. The van der Waals surface area contributed by atoms with Crippen LogP contribution in [0.2, 0.25) is 5.02 Å². The highest BCUT2D eigenvalue weighted by atomic mass is 35.5. The molecule has 124 valence electrons. The molecule has 0 aromatic heterocycles. The third-order valence-corrected chi connectivity index (χ3v) is 5.24. The van der Waals surface area contributed by atoms with E-state index in [0.29, 0.717) is 16.1 Å². The van der Waals surface area contributed by atoms with Crippen molar-refractivity contribution in [3.8, 4) is 0 Å². The van der Waals surface area contributed by atoms with Gasteiger partial charge >= 0.3 is 5.97 Å². The molecule has 4 nitrogen and oxygen atoms in total. The Morgan fingerprint density at radius 1 is 1.17 bits per heavy atom. The summed E-state index contributed by atoms with van der Waals surface area (Å²) in [5, 5.41) is 3.72. The second kappa shape index (κ2) is 7.28. The maximum Gasteiger partial charge on any atom is 0.337 e. The van der Waals surface area contributed by atoms with Crippen molar-refractivity contribution in [1.29, 1.82) is 0 Å². The SMILES string of the molecule is COC(=O)c1ccc(C(=O)N[C@H]2CCSc3ccc(Cl)cc32)cc1. The summed E-state index contributed by atoms with van der Waals surface area (Å²) in [6.45, 7) is 0. The first-order valence-corrected chi connectivity index (χ1v) is 8.86. The summed E-state index contributed by atoms with van der Waals surface area (Å²) in [5.41, 5.74) is 1.97. The largest absolute Gasteiger partial charge is 0.465 e. The van der Waals surface area contributed by atoms with Gasteiger partial charge in [-0.2, -0.15) is 0 Å². The van der Waals surface area contributed by atoms with Crippen LogP contribution >= 0.6 is 23.4 Å². The van der Waals surface area contributed by atoms with E-state index in [2.05, 4.69) is 10.1 Å². The van der Waals surface area contributed by atoms with Crippen LogP contribution in [-0.2, 0) is 4.74 Å². The van der Waals surface area contributed by atoms with E-state index in [0.717, 1.165) is 22.6 Å². The molecule has 0 unspecified atom stereocenters. The minimum Gasteiger partial charge on any atom is -0.465 e. The molecule has 0 fully saturated rings. The lowest BCUT2D eigenvalue weighted by molar-refractivity contribution is 0.0600. The van der Waals surface area contributed by atoms with Crippen LogP contribution in [0.15, 0.2) is 47.4 Å². The van der Waals surface area contributed by atoms with Crippen LogP contribution in [0.1, 0.15) is 38.7 Å². The first kappa shape index (κ1) is 16.9. The summed E-state index contributed by atoms with van der Waals surface area (Å²) in [6, 6.07) is 12.1. The van der Waals surface area contributed by atoms with Crippen LogP contribution < -0.4 is 5.32 Å². The van der Waals surface area contributed by atoms with Crippen molar-refractivity contribution in [2.45, 2.75) is 17.4 Å². The Hall–Kier alpha value is -1.98. The third-order valence-electron chi connectivity index (χ3n) is 3.88. The van der Waals surface area contributed by atoms with Crippen molar-refractivity contribution >= 4 is 35.2 Å². The Labute approximate surface area is 149 Å². The fourth-order valence-electron chi connectivity index (χ4n) is 2.63. The van der Waals surface area contributed by atoms with Crippen LogP contribution in [0, 0.1) is 0 Å². The normalized spacial score (nSPS) is 16.2. The molecule has 3 rings (SSSR count). The molecule has 1 amide bonds. The summed E-state index contributed by atoms with van der Waals surface area (Å²) < 4.78 is 4.65. The predicted octanol–water partition coefficient (Wildman–Crippen LogP) is 4.09. The molecule has 1 aliphatic heterocycles. The number of esters is 1. The average molecular weight is 362 g/mol. The van der Waals surface area contributed by atoms with Gasteiger partial charge in [0.2, 0.25) is 0 Å². The number of carbonyl (C=O) groups excluding carboxylic acids is 2. The number of nitrogens with one attached hydrogen (secondary N) is 1. The van der Waals surface area contributed by atoms with E-state index in [1.165, 1.54) is 7.11 Å². The second-order valence-electron chi connectivity index (χ2n) is 5.41. The average Bonchev–Trinajstić information content (AvgIpc) is 2.61. The zero-order valence-corrected chi connectivity index (χ0v) is 14.6. The van der Waals surface area contributed by atoms with Crippen LogP contribution in [0.3, 0.4) is 0 Å². The number of amides is 1. The van der Waals surface area contributed by atoms with E-state index >= 15 is 0 Å². The van der Waals surface area contributed by atoms with Crippen molar-refractivity contribution in [1.82, 2.24) is 5.32 Å². The van der Waals surface area contributed by atoms with Crippen molar-refractivity contribution in [2.75, 3.05) is 12.9 Å². The summed E-state index contributed by atoms with van der Waals surface area (Å²) in [7, 11) is 1.33. The zero-order chi connectivity index (χ0) is 17.1. The molecule has 1 heterocycles. The lowest BCUT2D eigenvalue weighted by Gasteiger charge is -2.26. The summed E-state index contributed by atoms with van der Waals surface area (Å²) in [4.78, 5) is 25.1. The standard InChI is InChI=1S/C18H16ClNO3S/c1-23-18(22)12-4-2-11(3-5-12)17(21)20-15-8-9-24-16-7-6-13(19)10-14(15)16/h2-7,10,15H,8-9H2,1H3,(H,20,21)/t15-/m0/s1. The van der Waals surface area contributed by atoms with Gasteiger partial charge in [0.1, 0.15) is 0 Å². The molecular formula is C18H16ClNO3S. The van der Waals surface area contributed by atoms with Crippen LogP contribution in [0.25, 0.3) is 0 Å². The summed E-state index contributed by atoms with van der Waals surface area (Å²) >= 11 is 7.86. The van der Waals surface area contributed by atoms with Gasteiger partial charge in [0.25, 0.3) is 5.91 Å². The van der Waals surface area contributed by atoms with Gasteiger partial charge in [0.15, 0.2) is 0 Å². The highest BCUT2D eigenvalue weighted by Gasteiger charge is 2.23. The first-order chi connectivity index (χ1) is 11.6. The van der Waals surface area contributed by atoms with Crippen molar-refractivity contribution in [2.24, 2.45) is 0 Å². The number of rotatable bonds is 3. The molecule has 0 spiro atoms. The lowest BCUT2D eigenvalue weighted by Crippen LogP contribution is -2.30. The van der Waals surface area contributed by atoms with Gasteiger partial charge in [-0.25, -0.2) is 4.79 Å². The van der Waals surface area contributed by atoms with E-state index in [1.54, 1.807) is 36.0 Å². The van der Waals surface area contributed by atoms with Gasteiger partial charge < -0.3 is 10.1 Å². The van der Waals surface area contributed by atoms with E-state index in [1.807, 2.05) is 18.2 Å². The number of thioether (sulfide) groups is 1. The van der Waals surface area contributed by atoms with Crippen LogP contribution in [0.5, 0.6) is 0 Å². The summed E-state index contributed by atoms with van der Waals surface area (Å²) in [6.07, 6.45) is 0.851. The molecule has 6 heteroatoms. The zero-order valence-electron chi connectivity index (χ0n) is 13.0. The van der Waals surface area contributed by atoms with Gasteiger partial charge in [-0.3, -0.25) is 4.79 Å². The smallest absolute Gasteiger partial charge is 0.337 e. The molecular weight excluding hydrogens is 346 g/mol. The first-order valence-electron chi connectivity index (χ1n) is 7.50. The fraction of sp³-hybridized carbons (Fsp3) is 0.222. The molecule has 0 radical (unpaired) electrons. The Bertz CT molecular complexity index is 776. The van der Waals surface area contributed by atoms with Crippen molar-refractivity contribution < 1.29 is 14.3 Å². The Morgan fingerprint density at radius 2 is 1.88 bits per heavy atom. The molecule has 2 aromatic carbocycles. The van der Waals surface area contributed by atoms with Gasteiger partial charge in [-0.05, 0) is 54.4 Å². The molecule has 1 N–H and O–H groups in total. The van der Waals surface area contributed by atoms with E-state index in [4.69, 9.17) is 11.6 Å². The van der Waals surface area contributed by atoms with Crippen molar-refractivity contribution in [3.63, 3.8) is 0 Å². The number of carbonyl (C=O) groups is 2. The maximum atomic E-state index is 12.5.